The number of pyridine rings is 1. The summed E-state index contributed by atoms with van der Waals surface area (Å²) in [7, 11) is 2.11. The van der Waals surface area contributed by atoms with Crippen LogP contribution in [0.15, 0.2) is 104 Å². The number of hydrogen-bond acceptors (Lipinski definition) is 14. The van der Waals surface area contributed by atoms with Gasteiger partial charge < -0.3 is 64.5 Å². The highest BCUT2D eigenvalue weighted by atomic mass is 35.5. The Bertz CT molecular complexity index is 3100. The van der Waals surface area contributed by atoms with E-state index in [-0.39, 0.29) is 43.6 Å². The van der Waals surface area contributed by atoms with E-state index in [0.29, 0.717) is 51.7 Å². The van der Waals surface area contributed by atoms with Gasteiger partial charge in [-0.15, -0.1) is 0 Å². The number of benzene rings is 3. The quantitative estimate of drug-likeness (QED) is 0.0443. The Hall–Kier alpha value is -7.43. The molecule has 29 heteroatoms. The number of aliphatic carboxylic acids is 1. The van der Waals surface area contributed by atoms with Crippen molar-refractivity contribution in [2.45, 2.75) is 113 Å². The second kappa shape index (κ2) is 33.3. The van der Waals surface area contributed by atoms with Gasteiger partial charge in [0.15, 0.2) is 0 Å². The number of aromatic nitrogens is 2. The van der Waals surface area contributed by atoms with Crippen molar-refractivity contribution in [3.05, 3.63) is 136 Å². The van der Waals surface area contributed by atoms with Crippen molar-refractivity contribution < 1.29 is 61.4 Å². The predicted molar refractivity (Wildman–Crippen MR) is 317 cm³/mol. The van der Waals surface area contributed by atoms with Crippen LogP contribution in [0.3, 0.4) is 0 Å². The zero-order valence-corrected chi connectivity index (χ0v) is 49.2. The Balaban J connectivity index is 0.00000177. The van der Waals surface area contributed by atoms with E-state index in [1.807, 2.05) is 24.3 Å². The van der Waals surface area contributed by atoms with Gasteiger partial charge in [0.05, 0.1) is 6.04 Å². The molecule has 0 bridgehead atoms. The number of alkyl halides is 3. The molecule has 1 fully saturated rings. The van der Waals surface area contributed by atoms with E-state index >= 15 is 0 Å². The predicted octanol–water partition coefficient (Wildman–Crippen LogP) is 3.16. The van der Waals surface area contributed by atoms with Gasteiger partial charge in [0.2, 0.25) is 47.3 Å². The van der Waals surface area contributed by atoms with E-state index in [2.05, 4.69) is 47.2 Å². The van der Waals surface area contributed by atoms with Crippen LogP contribution < -0.4 is 54.4 Å². The van der Waals surface area contributed by atoms with E-state index in [4.69, 9.17) is 50.3 Å². The molecule has 15 N–H and O–H groups in total. The number of amides is 8. The van der Waals surface area contributed by atoms with Crippen molar-refractivity contribution in [2.75, 3.05) is 18.1 Å². The lowest BCUT2D eigenvalue weighted by Gasteiger charge is -2.29. The Kier molecular flexibility index (Phi) is 26.8. The van der Waals surface area contributed by atoms with Crippen LogP contribution >= 0.6 is 44.8 Å². The molecule has 2 aromatic heterocycles. The van der Waals surface area contributed by atoms with Gasteiger partial charge in [0.1, 0.15) is 42.3 Å². The molecule has 85 heavy (non-hydrogen) atoms. The number of unbranched alkanes of at least 4 members (excludes halogenated alkanes) is 1. The number of carbonyl (C=O) groups excluding carboxylic acids is 8. The van der Waals surface area contributed by atoms with E-state index in [1.54, 1.807) is 86.9 Å². The lowest BCUT2D eigenvalue weighted by atomic mass is 10.00. The number of nitrogens with zero attached hydrogens (tertiary/aromatic N) is 1. The molecule has 8 amide bonds. The van der Waals surface area contributed by atoms with Crippen molar-refractivity contribution in [2.24, 2.45) is 23.1 Å². The molecular weight excluding hydrogens is 1190 g/mol. The van der Waals surface area contributed by atoms with Crippen molar-refractivity contribution >= 4 is 109 Å². The molecular formula is C56H67Cl2F3N12O10S2. The maximum atomic E-state index is 14.8. The summed E-state index contributed by atoms with van der Waals surface area (Å²) in [5.41, 5.74) is 21.4. The van der Waals surface area contributed by atoms with Gasteiger partial charge in [0, 0.05) is 70.3 Å². The number of carboxylic acids is 1. The summed E-state index contributed by atoms with van der Waals surface area (Å²) in [6.45, 7) is 3.67. The molecule has 458 valence electrons. The number of aromatic amines is 1. The first-order valence-corrected chi connectivity index (χ1v) is 29.9. The summed E-state index contributed by atoms with van der Waals surface area (Å²) in [6, 6.07) is 13.8. The first kappa shape index (κ1) is 68.4. The molecule has 1 aliphatic rings. The molecule has 0 aliphatic carbocycles. The van der Waals surface area contributed by atoms with Crippen LogP contribution in [0.2, 0.25) is 10.0 Å². The first-order valence-electron chi connectivity index (χ1n) is 26.7. The normalized spacial score (nSPS) is 20.2. The second-order valence-electron chi connectivity index (χ2n) is 20.1. The Morgan fingerprint density at radius 2 is 1.31 bits per heavy atom. The summed E-state index contributed by atoms with van der Waals surface area (Å²) in [6.07, 6.45) is 0.578. The molecule has 0 spiro atoms. The minimum atomic E-state index is -5.08. The molecule has 1 saturated heterocycles. The monoisotopic (exact) mass is 1260 g/mol. The number of hydrogen-bond donors (Lipinski definition) is 12. The zero-order chi connectivity index (χ0) is 62.4. The molecule has 8 atom stereocenters. The number of primary amides is 1. The van der Waals surface area contributed by atoms with Gasteiger partial charge in [0.25, 0.3) is 0 Å². The van der Waals surface area contributed by atoms with Gasteiger partial charge in [-0.1, -0.05) is 107 Å². The summed E-state index contributed by atoms with van der Waals surface area (Å²) in [5, 5.41) is 28.3. The van der Waals surface area contributed by atoms with Crippen LogP contribution in [0.25, 0.3) is 10.9 Å². The highest BCUT2D eigenvalue weighted by Crippen LogP contribution is 2.25. The summed E-state index contributed by atoms with van der Waals surface area (Å²) >= 11 is 12.2. The Morgan fingerprint density at radius 3 is 1.89 bits per heavy atom. The van der Waals surface area contributed by atoms with E-state index < -0.39 is 114 Å². The fourth-order valence-corrected chi connectivity index (χ4v) is 11.1. The molecule has 6 rings (SSSR count). The van der Waals surface area contributed by atoms with Gasteiger partial charge >= 0.3 is 12.1 Å². The van der Waals surface area contributed by atoms with Crippen LogP contribution in [0.1, 0.15) is 55.4 Å². The molecule has 0 unspecified atom stereocenters. The fourth-order valence-electron chi connectivity index (χ4n) is 8.52. The lowest BCUT2D eigenvalue weighted by molar-refractivity contribution is -0.192. The van der Waals surface area contributed by atoms with Crippen molar-refractivity contribution in [1.29, 1.82) is 0 Å². The zero-order valence-electron chi connectivity index (χ0n) is 46.1. The molecule has 5 aromatic rings. The van der Waals surface area contributed by atoms with E-state index in [1.165, 1.54) is 6.20 Å². The number of H-pyrrole nitrogens is 1. The summed E-state index contributed by atoms with van der Waals surface area (Å²) < 4.78 is 31.7. The fraction of sp³-hybridized carbons (Fsp3) is 0.393. The lowest BCUT2D eigenvalue weighted by Crippen LogP contribution is -2.61. The number of para-hydroxylation sites is 1. The molecule has 0 radical (unpaired) electrons. The third-order valence-corrected chi connectivity index (χ3v) is 16.1. The Labute approximate surface area is 505 Å². The number of carbonyl (C=O) groups is 9. The topological polar surface area (TPSA) is 365 Å². The van der Waals surface area contributed by atoms with Crippen LogP contribution in [0.4, 0.5) is 13.2 Å². The molecule has 1 aliphatic heterocycles. The highest BCUT2D eigenvalue weighted by Gasteiger charge is 2.39. The minimum Gasteiger partial charge on any atom is -0.475 e. The van der Waals surface area contributed by atoms with Crippen LogP contribution in [0, 0.1) is 5.92 Å². The second-order valence-corrected chi connectivity index (χ2v) is 23.5. The van der Waals surface area contributed by atoms with Crippen LogP contribution in [0.5, 0.6) is 0 Å². The molecule has 22 nitrogen and oxygen atoms in total. The third kappa shape index (κ3) is 22.2. The maximum Gasteiger partial charge on any atom is 0.490 e. The smallest absolute Gasteiger partial charge is 0.475 e. The SMILES string of the molecule is CC(C)[C@@H]1NC(=O)[C@H](CCCCN)NC(=O)[C@@H](Cc2c[nH]c3ccccc23)NC(=O)[C@H](Cc2cccnc2)NC(=O)[C@H](NC(=O)[C@@H](N)Cc2ccc(Cl)cc2)CSSC[C@@H](C(=O)N[C@@H](Cc2ccc(Cl)cc2)C(N)=O)NC1=O.O=C(O)C(F)(F)F. The molecule has 0 saturated carbocycles. The largest absolute Gasteiger partial charge is 0.490 e. The minimum absolute atomic E-state index is 0.0121. The average Bonchev–Trinajstić information content (AvgIpc) is 4.14. The number of nitrogens with two attached hydrogens (primary N) is 3. The van der Waals surface area contributed by atoms with Gasteiger partial charge in [-0.3, -0.25) is 43.3 Å². The van der Waals surface area contributed by atoms with Crippen LogP contribution in [-0.2, 0) is 68.8 Å². The van der Waals surface area contributed by atoms with Crippen molar-refractivity contribution in [3.8, 4) is 0 Å². The standard InChI is InChI=1S/C54H66Cl2N12O8S2.C2HF3O2/c1-30(2)46-54(76)67-45(52(74)63-41(47(59)69)23-32-14-18-36(56)19-15-32)29-78-77-28-44(66-48(70)38(58)22-31-12-16-35(55)17-13-31)53(75)64-42(24-33-8-7-21-60-26-33)50(72)65-43(25-34-27-61-39-10-4-3-9-37(34)39)51(73)62-40(49(71)68-46)11-5-6-20-57;3-2(4,5)1(6)7/h3-4,7-10,12-19,21,26-27,30,38,40-46,61H,5-6,11,20,22-25,28-29,57-58H2,1-2H3,(H2,59,69)(H,62,73)(H,63,74)(H,64,75)(H,65,72)(H,66,70)(H,67,76)(H,68,71);(H,6,7)/t38-,40-,41-,42-,43+,44+,45-,46-;/m0./s1. The van der Waals surface area contributed by atoms with Crippen LogP contribution in [-0.4, -0.2) is 141 Å². The molecule has 3 heterocycles. The highest BCUT2D eigenvalue weighted by molar-refractivity contribution is 8.76. The number of halogens is 5. The Morgan fingerprint density at radius 1 is 0.729 bits per heavy atom. The number of rotatable bonds is 18. The van der Waals surface area contributed by atoms with E-state index in [9.17, 15) is 51.5 Å². The average molecular weight is 1260 g/mol. The van der Waals surface area contributed by atoms with Gasteiger partial charge in [-0.2, -0.15) is 13.2 Å². The number of carboxylic acid groups (broad SMARTS) is 1. The van der Waals surface area contributed by atoms with Gasteiger partial charge in [-0.25, -0.2) is 4.79 Å². The summed E-state index contributed by atoms with van der Waals surface area (Å²) in [4.78, 5) is 131. The number of fused-ring (bicyclic) bond motifs is 1. The summed E-state index contributed by atoms with van der Waals surface area (Å²) in [5.74, 6) is -9.80. The van der Waals surface area contributed by atoms with Gasteiger partial charge in [-0.05, 0) is 96.8 Å². The molecule has 3 aromatic carbocycles. The maximum absolute atomic E-state index is 14.8. The first-order chi connectivity index (χ1) is 40.3. The van der Waals surface area contributed by atoms with E-state index in [0.717, 1.165) is 32.5 Å². The third-order valence-electron chi connectivity index (χ3n) is 13.1. The van der Waals surface area contributed by atoms with Crippen molar-refractivity contribution in [3.63, 3.8) is 0 Å². The number of nitrogens with one attached hydrogen (secondary N) is 8. The van der Waals surface area contributed by atoms with Crippen molar-refractivity contribution in [1.82, 2.24) is 47.2 Å².